The van der Waals surface area contributed by atoms with Gasteiger partial charge in [-0.25, -0.2) is 13.9 Å². The molecule has 0 aliphatic heterocycles. The van der Waals surface area contributed by atoms with Gasteiger partial charge in [0.05, 0.1) is 11.4 Å². The first-order valence-corrected chi connectivity index (χ1v) is 8.77. The van der Waals surface area contributed by atoms with Crippen LogP contribution in [0.15, 0.2) is 69.9 Å². The average Bonchev–Trinajstić information content (AvgIpc) is 3.06. The molecule has 4 aromatic rings. The molecule has 0 aliphatic rings. The maximum absolute atomic E-state index is 13.2. The van der Waals surface area contributed by atoms with Gasteiger partial charge >= 0.3 is 5.63 Å². The minimum atomic E-state index is -0.461. The van der Waals surface area contributed by atoms with Crippen molar-refractivity contribution in [3.8, 4) is 11.4 Å². The molecule has 0 unspecified atom stereocenters. The van der Waals surface area contributed by atoms with Crippen molar-refractivity contribution < 1.29 is 18.3 Å². The van der Waals surface area contributed by atoms with E-state index in [1.54, 1.807) is 49.4 Å². The van der Waals surface area contributed by atoms with Crippen molar-refractivity contribution in [1.82, 2.24) is 9.78 Å². The highest BCUT2D eigenvalue weighted by Crippen LogP contribution is 2.20. The van der Waals surface area contributed by atoms with E-state index in [0.717, 1.165) is 5.39 Å². The summed E-state index contributed by atoms with van der Waals surface area (Å²) >= 11 is 0. The fourth-order valence-electron chi connectivity index (χ4n) is 2.83. The topological polar surface area (TPSA) is 86.4 Å². The molecule has 8 heteroatoms. The molecule has 0 aliphatic carbocycles. The molecule has 1 N–H and O–H groups in total. The van der Waals surface area contributed by atoms with Crippen molar-refractivity contribution in [1.29, 1.82) is 0 Å². The fourth-order valence-corrected chi connectivity index (χ4v) is 2.83. The number of fused-ring (bicyclic) bond motifs is 1. The number of carbonyl (C=O) groups excluding carboxylic acids is 1. The number of rotatable bonds is 5. The first-order valence-electron chi connectivity index (χ1n) is 8.77. The molecule has 2 heterocycles. The number of nitrogens with zero attached hydrogens (tertiary/aromatic N) is 2. The third-order valence-corrected chi connectivity index (χ3v) is 4.13. The molecule has 0 fully saturated rings. The summed E-state index contributed by atoms with van der Waals surface area (Å²) in [6.07, 6.45) is 0. The van der Waals surface area contributed by atoms with Crippen molar-refractivity contribution in [2.75, 3.05) is 11.9 Å². The van der Waals surface area contributed by atoms with Crippen LogP contribution < -0.4 is 15.7 Å². The van der Waals surface area contributed by atoms with Crippen molar-refractivity contribution in [3.63, 3.8) is 0 Å². The minimum Gasteiger partial charge on any atom is -0.484 e. The number of benzene rings is 2. The van der Waals surface area contributed by atoms with E-state index >= 15 is 0 Å². The standard InChI is InChI=1S/C21H16FN3O4/c1-13-10-19(25(24-13)16-6-4-15(22)5-7-16)23-20(26)12-28-17-8-2-14-3-9-21(27)29-18(14)11-17/h2-11H,12H2,1H3,(H,23,26). The molecule has 0 saturated heterocycles. The van der Waals surface area contributed by atoms with Gasteiger partial charge < -0.3 is 14.5 Å². The van der Waals surface area contributed by atoms with Gasteiger partial charge in [0.25, 0.3) is 5.91 Å². The van der Waals surface area contributed by atoms with Crippen LogP contribution in [0.5, 0.6) is 5.75 Å². The van der Waals surface area contributed by atoms with Crippen LogP contribution in [0.2, 0.25) is 0 Å². The summed E-state index contributed by atoms with van der Waals surface area (Å²) in [6, 6.07) is 15.4. The molecule has 0 radical (unpaired) electrons. The smallest absolute Gasteiger partial charge is 0.336 e. The molecule has 0 bridgehead atoms. The Balaban J connectivity index is 1.46. The molecular weight excluding hydrogens is 377 g/mol. The predicted octanol–water partition coefficient (Wildman–Crippen LogP) is 3.44. The summed E-state index contributed by atoms with van der Waals surface area (Å²) in [5.41, 5.74) is 1.22. The van der Waals surface area contributed by atoms with Crippen LogP contribution in [-0.4, -0.2) is 22.3 Å². The number of aromatic nitrogens is 2. The lowest BCUT2D eigenvalue weighted by Crippen LogP contribution is -2.21. The van der Waals surface area contributed by atoms with Crippen molar-refractivity contribution in [2.24, 2.45) is 0 Å². The molecule has 2 aromatic carbocycles. The second-order valence-electron chi connectivity index (χ2n) is 6.35. The van der Waals surface area contributed by atoms with E-state index in [1.165, 1.54) is 22.9 Å². The molecule has 1 amide bonds. The number of ether oxygens (including phenoxy) is 1. The lowest BCUT2D eigenvalue weighted by atomic mass is 10.2. The number of nitrogens with one attached hydrogen (secondary N) is 1. The summed E-state index contributed by atoms with van der Waals surface area (Å²) in [4.78, 5) is 23.7. The Bertz CT molecular complexity index is 1250. The number of amides is 1. The van der Waals surface area contributed by atoms with Crippen LogP contribution in [-0.2, 0) is 4.79 Å². The van der Waals surface area contributed by atoms with Crippen molar-refractivity contribution in [2.45, 2.75) is 6.92 Å². The van der Waals surface area contributed by atoms with Crippen LogP contribution in [0, 0.1) is 12.7 Å². The van der Waals surface area contributed by atoms with Gasteiger partial charge in [-0.15, -0.1) is 0 Å². The van der Waals surface area contributed by atoms with Gasteiger partial charge in [-0.2, -0.15) is 5.10 Å². The van der Waals surface area contributed by atoms with Gasteiger partial charge in [-0.1, -0.05) is 0 Å². The SMILES string of the molecule is Cc1cc(NC(=O)COc2ccc3ccc(=O)oc3c2)n(-c2ccc(F)cc2)n1. The van der Waals surface area contributed by atoms with Gasteiger partial charge in [0.15, 0.2) is 6.61 Å². The van der Waals surface area contributed by atoms with Crippen LogP contribution >= 0.6 is 0 Å². The monoisotopic (exact) mass is 393 g/mol. The molecular formula is C21H16FN3O4. The van der Waals surface area contributed by atoms with Gasteiger partial charge in [0.1, 0.15) is 23.0 Å². The largest absolute Gasteiger partial charge is 0.484 e. The number of aryl methyl sites for hydroxylation is 1. The average molecular weight is 393 g/mol. The first-order chi connectivity index (χ1) is 14.0. The highest BCUT2D eigenvalue weighted by atomic mass is 19.1. The Morgan fingerprint density at radius 2 is 1.90 bits per heavy atom. The second kappa shape index (κ2) is 7.59. The van der Waals surface area contributed by atoms with E-state index < -0.39 is 11.5 Å². The second-order valence-corrected chi connectivity index (χ2v) is 6.35. The number of anilines is 1. The van der Waals surface area contributed by atoms with Gasteiger partial charge in [0.2, 0.25) is 0 Å². The quantitative estimate of drug-likeness (QED) is 0.525. The predicted molar refractivity (Wildman–Crippen MR) is 105 cm³/mol. The normalized spacial score (nSPS) is 10.8. The Labute approximate surface area is 164 Å². The van der Waals surface area contributed by atoms with Crippen LogP contribution in [0.4, 0.5) is 10.2 Å². The van der Waals surface area contributed by atoms with Gasteiger partial charge in [-0.3, -0.25) is 4.79 Å². The van der Waals surface area contributed by atoms with Crippen molar-refractivity contribution in [3.05, 3.63) is 82.6 Å². The minimum absolute atomic E-state index is 0.254. The maximum atomic E-state index is 13.2. The third-order valence-electron chi connectivity index (χ3n) is 4.13. The molecule has 29 heavy (non-hydrogen) atoms. The molecule has 0 saturated carbocycles. The zero-order valence-corrected chi connectivity index (χ0v) is 15.4. The Morgan fingerprint density at radius 1 is 1.14 bits per heavy atom. The van der Waals surface area contributed by atoms with Gasteiger partial charge in [-0.05, 0) is 49.4 Å². The summed E-state index contributed by atoms with van der Waals surface area (Å²) < 4.78 is 25.3. The number of halogens is 1. The first kappa shape index (κ1) is 18.4. The Kier molecular flexibility index (Phi) is 4.82. The third kappa shape index (κ3) is 4.16. The molecule has 0 atom stereocenters. The molecule has 2 aromatic heterocycles. The number of hydrogen-bond acceptors (Lipinski definition) is 5. The highest BCUT2D eigenvalue weighted by Gasteiger charge is 2.12. The maximum Gasteiger partial charge on any atom is 0.336 e. The number of hydrogen-bond donors (Lipinski definition) is 1. The molecule has 7 nitrogen and oxygen atoms in total. The fraction of sp³-hybridized carbons (Fsp3) is 0.0952. The van der Waals surface area contributed by atoms with E-state index in [-0.39, 0.29) is 12.4 Å². The highest BCUT2D eigenvalue weighted by molar-refractivity contribution is 5.91. The van der Waals surface area contributed by atoms with E-state index in [0.29, 0.717) is 28.5 Å². The molecule has 4 rings (SSSR count). The molecule has 0 spiro atoms. The van der Waals surface area contributed by atoms with Crippen LogP contribution in [0.3, 0.4) is 0 Å². The van der Waals surface area contributed by atoms with Gasteiger partial charge in [0, 0.05) is 23.6 Å². The summed E-state index contributed by atoms with van der Waals surface area (Å²) in [5.74, 6) is 0.0724. The zero-order valence-electron chi connectivity index (χ0n) is 15.4. The zero-order chi connectivity index (χ0) is 20.4. The lowest BCUT2D eigenvalue weighted by molar-refractivity contribution is -0.118. The van der Waals surface area contributed by atoms with E-state index in [2.05, 4.69) is 10.4 Å². The number of carbonyl (C=O) groups is 1. The van der Waals surface area contributed by atoms with E-state index in [4.69, 9.17) is 9.15 Å². The summed E-state index contributed by atoms with van der Waals surface area (Å²) in [5, 5.41) is 7.80. The Morgan fingerprint density at radius 3 is 2.69 bits per heavy atom. The summed E-state index contributed by atoms with van der Waals surface area (Å²) in [6.45, 7) is 1.53. The summed E-state index contributed by atoms with van der Waals surface area (Å²) in [7, 11) is 0. The van der Waals surface area contributed by atoms with Crippen molar-refractivity contribution >= 4 is 22.7 Å². The van der Waals surface area contributed by atoms with Crippen LogP contribution in [0.25, 0.3) is 16.7 Å². The van der Waals surface area contributed by atoms with E-state index in [1.807, 2.05) is 0 Å². The molecule has 146 valence electrons. The van der Waals surface area contributed by atoms with E-state index in [9.17, 15) is 14.0 Å². The van der Waals surface area contributed by atoms with Crippen LogP contribution in [0.1, 0.15) is 5.69 Å². The Hall–Kier alpha value is -3.94. The lowest BCUT2D eigenvalue weighted by Gasteiger charge is -2.10.